The van der Waals surface area contributed by atoms with Crippen LogP contribution < -0.4 is 10.6 Å². The predicted octanol–water partition coefficient (Wildman–Crippen LogP) is 0.677. The standard InChI is InChI=1S/C11H20N2O2S/c1-16-9-3-2-8(4-9)13-11(5-10(14)15)6-12-7-11/h8-9,12-13H,2-7H2,1H3,(H,14,15). The summed E-state index contributed by atoms with van der Waals surface area (Å²) < 4.78 is 0. The molecule has 0 aromatic heterocycles. The van der Waals surface area contributed by atoms with Gasteiger partial charge in [0.25, 0.3) is 0 Å². The minimum absolute atomic E-state index is 0.177. The van der Waals surface area contributed by atoms with Gasteiger partial charge in [-0.05, 0) is 25.5 Å². The zero-order chi connectivity index (χ0) is 11.6. The normalized spacial score (nSPS) is 32.3. The van der Waals surface area contributed by atoms with Gasteiger partial charge in [0, 0.05) is 24.4 Å². The molecule has 4 nitrogen and oxygen atoms in total. The number of thioether (sulfide) groups is 1. The van der Waals surface area contributed by atoms with Crippen molar-refractivity contribution in [2.24, 2.45) is 0 Å². The van der Waals surface area contributed by atoms with Crippen LogP contribution in [0.3, 0.4) is 0 Å². The maximum absolute atomic E-state index is 10.8. The fourth-order valence-corrected chi connectivity index (χ4v) is 3.51. The molecule has 92 valence electrons. The van der Waals surface area contributed by atoms with Crippen molar-refractivity contribution in [1.82, 2.24) is 10.6 Å². The molecule has 0 amide bonds. The summed E-state index contributed by atoms with van der Waals surface area (Å²) in [6, 6.07) is 0.513. The first-order valence-electron chi connectivity index (χ1n) is 5.86. The Morgan fingerprint density at radius 1 is 1.56 bits per heavy atom. The number of hydrogen-bond acceptors (Lipinski definition) is 4. The summed E-state index contributed by atoms with van der Waals surface area (Å²) in [6.07, 6.45) is 6.02. The van der Waals surface area contributed by atoms with Crippen LogP contribution in [-0.4, -0.2) is 47.3 Å². The molecule has 2 rings (SSSR count). The fourth-order valence-electron chi connectivity index (χ4n) is 2.71. The van der Waals surface area contributed by atoms with E-state index in [0.29, 0.717) is 6.04 Å². The molecule has 1 saturated carbocycles. The summed E-state index contributed by atoms with van der Waals surface area (Å²) >= 11 is 1.93. The molecular formula is C11H20N2O2S. The molecule has 1 aliphatic heterocycles. The molecule has 0 radical (unpaired) electrons. The van der Waals surface area contributed by atoms with E-state index in [4.69, 9.17) is 5.11 Å². The van der Waals surface area contributed by atoms with E-state index in [1.807, 2.05) is 11.8 Å². The summed E-state index contributed by atoms with van der Waals surface area (Å²) in [5.41, 5.74) is -0.177. The van der Waals surface area contributed by atoms with E-state index in [0.717, 1.165) is 18.3 Å². The zero-order valence-corrected chi connectivity index (χ0v) is 10.5. The second kappa shape index (κ2) is 4.94. The molecule has 0 spiro atoms. The number of aliphatic carboxylic acids is 1. The number of carboxylic acids is 1. The Hall–Kier alpha value is -0.260. The van der Waals surface area contributed by atoms with Crippen LogP contribution in [0, 0.1) is 0 Å². The van der Waals surface area contributed by atoms with Crippen LogP contribution in [0.1, 0.15) is 25.7 Å². The molecule has 16 heavy (non-hydrogen) atoms. The van der Waals surface area contributed by atoms with E-state index in [-0.39, 0.29) is 12.0 Å². The lowest BCUT2D eigenvalue weighted by molar-refractivity contribution is -0.139. The number of rotatable bonds is 5. The minimum atomic E-state index is -0.701. The van der Waals surface area contributed by atoms with E-state index >= 15 is 0 Å². The molecule has 2 atom stereocenters. The molecule has 2 fully saturated rings. The van der Waals surface area contributed by atoms with E-state index < -0.39 is 5.97 Å². The van der Waals surface area contributed by atoms with Gasteiger partial charge in [-0.2, -0.15) is 11.8 Å². The van der Waals surface area contributed by atoms with Crippen molar-refractivity contribution in [3.63, 3.8) is 0 Å². The summed E-state index contributed by atoms with van der Waals surface area (Å²) in [6.45, 7) is 1.58. The van der Waals surface area contributed by atoms with Crippen LogP contribution in [0.25, 0.3) is 0 Å². The maximum atomic E-state index is 10.8. The number of carboxylic acid groups (broad SMARTS) is 1. The number of hydrogen-bond donors (Lipinski definition) is 3. The lowest BCUT2D eigenvalue weighted by Gasteiger charge is -2.44. The van der Waals surface area contributed by atoms with Crippen LogP contribution in [0.15, 0.2) is 0 Å². The third-order valence-electron chi connectivity index (χ3n) is 3.64. The molecule has 2 aliphatic rings. The molecule has 0 aromatic rings. The first-order chi connectivity index (χ1) is 7.63. The van der Waals surface area contributed by atoms with Gasteiger partial charge in [-0.3, -0.25) is 4.79 Å². The van der Waals surface area contributed by atoms with Crippen molar-refractivity contribution in [2.45, 2.75) is 42.5 Å². The van der Waals surface area contributed by atoms with Crippen molar-refractivity contribution in [3.05, 3.63) is 0 Å². The van der Waals surface area contributed by atoms with E-state index in [1.54, 1.807) is 0 Å². The molecule has 2 unspecified atom stereocenters. The SMILES string of the molecule is CSC1CCC(NC2(CC(=O)O)CNC2)C1. The zero-order valence-electron chi connectivity index (χ0n) is 9.66. The second-order valence-corrected chi connectivity index (χ2v) is 6.10. The summed E-state index contributed by atoms with van der Waals surface area (Å²) in [4.78, 5) is 10.8. The van der Waals surface area contributed by atoms with E-state index in [1.165, 1.54) is 19.3 Å². The minimum Gasteiger partial charge on any atom is -0.481 e. The smallest absolute Gasteiger partial charge is 0.305 e. The quantitative estimate of drug-likeness (QED) is 0.664. The topological polar surface area (TPSA) is 61.4 Å². The van der Waals surface area contributed by atoms with Crippen LogP contribution in [0.4, 0.5) is 0 Å². The van der Waals surface area contributed by atoms with Gasteiger partial charge in [-0.25, -0.2) is 0 Å². The van der Waals surface area contributed by atoms with Crippen molar-refractivity contribution < 1.29 is 9.90 Å². The van der Waals surface area contributed by atoms with Gasteiger partial charge in [0.1, 0.15) is 0 Å². The Balaban J connectivity index is 1.85. The lowest BCUT2D eigenvalue weighted by Crippen LogP contribution is -2.70. The highest BCUT2D eigenvalue weighted by Crippen LogP contribution is 2.30. The number of carbonyl (C=O) groups is 1. The van der Waals surface area contributed by atoms with Crippen LogP contribution in [0.5, 0.6) is 0 Å². The van der Waals surface area contributed by atoms with Crippen LogP contribution in [0.2, 0.25) is 0 Å². The summed E-state index contributed by atoms with van der Waals surface area (Å²) in [5, 5.41) is 16.4. The van der Waals surface area contributed by atoms with Gasteiger partial charge in [0.15, 0.2) is 0 Å². The van der Waals surface area contributed by atoms with Crippen molar-refractivity contribution in [3.8, 4) is 0 Å². The van der Waals surface area contributed by atoms with E-state index in [2.05, 4.69) is 16.9 Å². The first-order valence-corrected chi connectivity index (χ1v) is 7.15. The monoisotopic (exact) mass is 244 g/mol. The second-order valence-electron chi connectivity index (χ2n) is 4.97. The largest absolute Gasteiger partial charge is 0.481 e. The van der Waals surface area contributed by atoms with Gasteiger partial charge in [0.2, 0.25) is 0 Å². The van der Waals surface area contributed by atoms with Crippen LogP contribution >= 0.6 is 11.8 Å². The van der Waals surface area contributed by atoms with Gasteiger partial charge in [0.05, 0.1) is 12.0 Å². The molecule has 1 aliphatic carbocycles. The molecule has 1 heterocycles. The van der Waals surface area contributed by atoms with Crippen molar-refractivity contribution >= 4 is 17.7 Å². The summed E-state index contributed by atoms with van der Waals surface area (Å²) in [7, 11) is 0. The fraction of sp³-hybridized carbons (Fsp3) is 0.909. The first kappa shape index (κ1) is 12.2. The van der Waals surface area contributed by atoms with Gasteiger partial charge in [-0.1, -0.05) is 0 Å². The third-order valence-corrected chi connectivity index (χ3v) is 4.74. The third kappa shape index (κ3) is 2.70. The van der Waals surface area contributed by atoms with Crippen LogP contribution in [-0.2, 0) is 4.79 Å². The molecule has 0 bridgehead atoms. The Kier molecular flexibility index (Phi) is 3.77. The lowest BCUT2D eigenvalue weighted by atomic mass is 9.87. The van der Waals surface area contributed by atoms with Gasteiger partial charge < -0.3 is 15.7 Å². The molecular weight excluding hydrogens is 224 g/mol. The maximum Gasteiger partial charge on any atom is 0.305 e. The highest BCUT2D eigenvalue weighted by Gasteiger charge is 2.41. The Labute approximate surface area is 101 Å². The average molecular weight is 244 g/mol. The van der Waals surface area contributed by atoms with Crippen molar-refractivity contribution in [1.29, 1.82) is 0 Å². The molecule has 5 heteroatoms. The van der Waals surface area contributed by atoms with Gasteiger partial charge >= 0.3 is 5.97 Å². The molecule has 1 saturated heterocycles. The van der Waals surface area contributed by atoms with E-state index in [9.17, 15) is 4.79 Å². The van der Waals surface area contributed by atoms with Gasteiger partial charge in [-0.15, -0.1) is 0 Å². The Morgan fingerprint density at radius 3 is 2.75 bits per heavy atom. The highest BCUT2D eigenvalue weighted by molar-refractivity contribution is 7.99. The Bertz CT molecular complexity index is 269. The predicted molar refractivity (Wildman–Crippen MR) is 65.9 cm³/mol. The molecule has 3 N–H and O–H groups in total. The average Bonchev–Trinajstić information content (AvgIpc) is 2.61. The number of nitrogens with one attached hydrogen (secondary N) is 2. The molecule has 0 aromatic carbocycles. The van der Waals surface area contributed by atoms with Crippen molar-refractivity contribution in [2.75, 3.05) is 19.3 Å². The summed E-state index contributed by atoms with van der Waals surface area (Å²) in [5.74, 6) is -0.701. The highest BCUT2D eigenvalue weighted by atomic mass is 32.2. The Morgan fingerprint density at radius 2 is 2.31 bits per heavy atom.